The van der Waals surface area contributed by atoms with Crippen molar-refractivity contribution in [1.82, 2.24) is 9.88 Å². The van der Waals surface area contributed by atoms with Crippen molar-refractivity contribution in [3.8, 4) is 0 Å². The van der Waals surface area contributed by atoms with E-state index in [1.165, 1.54) is 11.3 Å². The van der Waals surface area contributed by atoms with Crippen molar-refractivity contribution in [2.75, 3.05) is 18.4 Å². The lowest BCUT2D eigenvalue weighted by Crippen LogP contribution is -2.38. The van der Waals surface area contributed by atoms with E-state index in [1.807, 2.05) is 30.5 Å². The highest BCUT2D eigenvalue weighted by Crippen LogP contribution is 2.19. The van der Waals surface area contributed by atoms with Crippen molar-refractivity contribution < 1.29 is 9.59 Å². The molecule has 134 valence electrons. The van der Waals surface area contributed by atoms with E-state index >= 15 is 0 Å². The summed E-state index contributed by atoms with van der Waals surface area (Å²) in [5.74, 6) is -0.375. The molecule has 5 nitrogen and oxygen atoms in total. The Bertz CT molecular complexity index is 733. The average molecular weight is 424 g/mol. The molecule has 1 heterocycles. The van der Waals surface area contributed by atoms with Crippen LogP contribution in [0.2, 0.25) is 0 Å². The number of hydrogen-bond donors (Lipinski definition) is 1. The number of unbranched alkanes of at least 4 members (excludes halogenated alkanes) is 2. The Labute approximate surface area is 160 Å². The van der Waals surface area contributed by atoms with Gasteiger partial charge in [-0.1, -0.05) is 31.9 Å². The van der Waals surface area contributed by atoms with Crippen LogP contribution in [0.25, 0.3) is 0 Å². The van der Waals surface area contributed by atoms with E-state index in [-0.39, 0.29) is 18.4 Å². The largest absolute Gasteiger partial charge is 0.329 e. The molecule has 0 saturated carbocycles. The first kappa shape index (κ1) is 19.6. The van der Waals surface area contributed by atoms with Crippen LogP contribution in [0.3, 0.4) is 0 Å². The zero-order valence-corrected chi connectivity index (χ0v) is 16.8. The molecule has 25 heavy (non-hydrogen) atoms. The number of carbonyl (C=O) groups is 2. The predicted molar refractivity (Wildman–Crippen MR) is 105 cm³/mol. The molecule has 0 atom stereocenters. The number of thiazole rings is 1. The molecule has 0 aliphatic carbocycles. The van der Waals surface area contributed by atoms with Crippen LogP contribution in [0.4, 0.5) is 5.13 Å². The molecule has 0 saturated heterocycles. The van der Waals surface area contributed by atoms with Crippen LogP contribution >= 0.6 is 27.3 Å². The van der Waals surface area contributed by atoms with E-state index in [4.69, 9.17) is 0 Å². The highest BCUT2D eigenvalue weighted by molar-refractivity contribution is 9.10. The SMILES string of the molecule is CCCCCN(CC(=O)Nc1nc(C)cs1)C(=O)c1ccccc1Br. The van der Waals surface area contributed by atoms with Gasteiger partial charge < -0.3 is 10.2 Å². The van der Waals surface area contributed by atoms with Crippen molar-refractivity contribution in [3.63, 3.8) is 0 Å². The minimum atomic E-state index is -0.230. The number of nitrogens with one attached hydrogen (secondary N) is 1. The molecule has 2 aromatic rings. The maximum atomic E-state index is 12.9. The van der Waals surface area contributed by atoms with Crippen molar-refractivity contribution in [3.05, 3.63) is 45.4 Å². The molecule has 0 aliphatic heterocycles. The molecule has 1 N–H and O–H groups in total. The van der Waals surface area contributed by atoms with Crippen molar-refractivity contribution in [2.24, 2.45) is 0 Å². The zero-order chi connectivity index (χ0) is 18.2. The van der Waals surface area contributed by atoms with E-state index in [2.05, 4.69) is 33.2 Å². The topological polar surface area (TPSA) is 62.3 Å². The lowest BCUT2D eigenvalue weighted by atomic mass is 10.1. The summed E-state index contributed by atoms with van der Waals surface area (Å²) in [6.07, 6.45) is 2.95. The van der Waals surface area contributed by atoms with Crippen molar-refractivity contribution in [2.45, 2.75) is 33.1 Å². The number of rotatable bonds is 8. The van der Waals surface area contributed by atoms with Gasteiger partial charge in [0.25, 0.3) is 5.91 Å². The molecule has 2 rings (SSSR count). The van der Waals surface area contributed by atoms with Crippen LogP contribution < -0.4 is 5.32 Å². The van der Waals surface area contributed by atoms with Gasteiger partial charge in [0, 0.05) is 16.4 Å². The molecular formula is C18H22BrN3O2S. The summed E-state index contributed by atoms with van der Waals surface area (Å²) in [7, 11) is 0. The van der Waals surface area contributed by atoms with E-state index in [1.54, 1.807) is 11.0 Å². The average Bonchev–Trinajstić information content (AvgIpc) is 2.98. The summed E-state index contributed by atoms with van der Waals surface area (Å²) >= 11 is 4.79. The van der Waals surface area contributed by atoms with Gasteiger partial charge in [-0.05, 0) is 41.4 Å². The maximum Gasteiger partial charge on any atom is 0.255 e. The standard InChI is InChI=1S/C18H22BrN3O2S/c1-3-4-7-10-22(17(24)14-8-5-6-9-15(14)19)11-16(23)21-18-20-13(2)12-25-18/h5-6,8-9,12H,3-4,7,10-11H2,1-2H3,(H,20,21,23). The van der Waals surface area contributed by atoms with E-state index < -0.39 is 0 Å². The Balaban J connectivity index is 2.07. The molecule has 2 amide bonds. The van der Waals surface area contributed by atoms with Gasteiger partial charge in [-0.2, -0.15) is 0 Å². The predicted octanol–water partition coefficient (Wildman–Crippen LogP) is 4.49. The number of amides is 2. The van der Waals surface area contributed by atoms with E-state index in [0.29, 0.717) is 17.2 Å². The number of halogens is 1. The summed E-state index contributed by atoms with van der Waals surface area (Å²) in [6, 6.07) is 7.28. The Morgan fingerprint density at radius 1 is 1.28 bits per heavy atom. The quantitative estimate of drug-likeness (QED) is 0.636. The number of benzene rings is 1. The molecule has 1 aromatic carbocycles. The number of anilines is 1. The van der Waals surface area contributed by atoms with Crippen molar-refractivity contribution >= 4 is 44.2 Å². The second-order valence-electron chi connectivity index (χ2n) is 5.76. The molecule has 1 aromatic heterocycles. The zero-order valence-electron chi connectivity index (χ0n) is 14.4. The van der Waals surface area contributed by atoms with Gasteiger partial charge in [0.05, 0.1) is 11.3 Å². The summed E-state index contributed by atoms with van der Waals surface area (Å²) < 4.78 is 0.733. The molecule has 0 radical (unpaired) electrons. The third kappa shape index (κ3) is 5.93. The fraction of sp³-hybridized carbons (Fsp3) is 0.389. The molecular weight excluding hydrogens is 402 g/mol. The molecule has 0 spiro atoms. The molecule has 0 fully saturated rings. The van der Waals surface area contributed by atoms with Crippen molar-refractivity contribution in [1.29, 1.82) is 0 Å². The Hall–Kier alpha value is -1.73. The second kappa shape index (κ2) is 9.68. The summed E-state index contributed by atoms with van der Waals surface area (Å²) in [5, 5.41) is 5.20. The third-order valence-electron chi connectivity index (χ3n) is 3.62. The lowest BCUT2D eigenvalue weighted by Gasteiger charge is -2.22. The van der Waals surface area contributed by atoms with Crippen LogP contribution in [0.15, 0.2) is 34.1 Å². The summed E-state index contributed by atoms with van der Waals surface area (Å²) in [4.78, 5) is 31.0. The minimum absolute atomic E-state index is 0.0164. The monoisotopic (exact) mass is 423 g/mol. The summed E-state index contributed by atoms with van der Waals surface area (Å²) in [5.41, 5.74) is 1.43. The number of carbonyl (C=O) groups excluding carboxylic acids is 2. The number of aryl methyl sites for hydroxylation is 1. The van der Waals surface area contributed by atoms with Gasteiger partial charge in [0.2, 0.25) is 5.91 Å². The maximum absolute atomic E-state index is 12.9. The summed E-state index contributed by atoms with van der Waals surface area (Å²) in [6.45, 7) is 4.55. The highest BCUT2D eigenvalue weighted by Gasteiger charge is 2.20. The van der Waals surface area contributed by atoms with Gasteiger partial charge in [-0.3, -0.25) is 9.59 Å². The second-order valence-corrected chi connectivity index (χ2v) is 7.47. The first-order chi connectivity index (χ1) is 12.0. The highest BCUT2D eigenvalue weighted by atomic mass is 79.9. The Kier molecular flexibility index (Phi) is 7.58. The Morgan fingerprint density at radius 2 is 2.04 bits per heavy atom. The normalized spacial score (nSPS) is 10.5. The molecule has 0 aliphatic rings. The minimum Gasteiger partial charge on any atom is -0.329 e. The lowest BCUT2D eigenvalue weighted by molar-refractivity contribution is -0.116. The molecule has 0 bridgehead atoms. The first-order valence-electron chi connectivity index (χ1n) is 8.27. The number of aromatic nitrogens is 1. The number of hydrogen-bond acceptors (Lipinski definition) is 4. The molecule has 7 heteroatoms. The van der Waals surface area contributed by atoms with E-state index in [0.717, 1.165) is 29.4 Å². The van der Waals surface area contributed by atoms with Crippen LogP contribution in [-0.4, -0.2) is 34.8 Å². The van der Waals surface area contributed by atoms with Gasteiger partial charge >= 0.3 is 0 Å². The third-order valence-corrected chi connectivity index (χ3v) is 5.19. The van der Waals surface area contributed by atoms with E-state index in [9.17, 15) is 9.59 Å². The Morgan fingerprint density at radius 3 is 2.68 bits per heavy atom. The smallest absolute Gasteiger partial charge is 0.255 e. The van der Waals surface area contributed by atoms with Gasteiger partial charge in [-0.15, -0.1) is 11.3 Å². The van der Waals surface area contributed by atoms with Crippen LogP contribution in [0, 0.1) is 6.92 Å². The molecule has 0 unspecified atom stereocenters. The van der Waals surface area contributed by atoms with Crippen LogP contribution in [0.1, 0.15) is 42.2 Å². The fourth-order valence-corrected chi connectivity index (χ4v) is 3.51. The van der Waals surface area contributed by atoms with Crippen LogP contribution in [0.5, 0.6) is 0 Å². The van der Waals surface area contributed by atoms with Gasteiger partial charge in [0.1, 0.15) is 6.54 Å². The number of nitrogens with zero attached hydrogens (tertiary/aromatic N) is 2. The van der Waals surface area contributed by atoms with Crippen LogP contribution in [-0.2, 0) is 4.79 Å². The van der Waals surface area contributed by atoms with Gasteiger partial charge in [0.15, 0.2) is 5.13 Å². The first-order valence-corrected chi connectivity index (χ1v) is 9.94. The van der Waals surface area contributed by atoms with Gasteiger partial charge in [-0.25, -0.2) is 4.98 Å². The fourth-order valence-electron chi connectivity index (χ4n) is 2.35.